The zero-order valence-electron chi connectivity index (χ0n) is 8.10. The number of aromatic hydroxyl groups is 1. The molecule has 0 spiro atoms. The number of phenolic OH excluding ortho intramolecular Hbond substituents is 1. The van der Waals surface area contributed by atoms with Crippen molar-refractivity contribution < 1.29 is 23.1 Å². The molecule has 0 bridgehead atoms. The molecule has 88 valence electrons. The largest absolute Gasteiger partial charge is 0.507 e. The molecule has 0 radical (unpaired) electrons. The van der Waals surface area contributed by atoms with Crippen molar-refractivity contribution in [1.82, 2.24) is 0 Å². The lowest BCUT2D eigenvalue weighted by molar-refractivity contribution is 0.0597. The highest BCUT2D eigenvalue weighted by molar-refractivity contribution is 8.14. The molecule has 0 heterocycles. The summed E-state index contributed by atoms with van der Waals surface area (Å²) in [5, 5.41) is 9.41. The molecule has 0 unspecified atom stereocenters. The first-order chi connectivity index (χ1) is 7.33. The molecule has 1 rings (SSSR count). The number of carbonyl (C=O) groups excluding carboxylic acids is 1. The molecule has 1 aromatic rings. The maximum Gasteiger partial charge on any atom is 0.341 e. The molecular formula is C8H8ClNO5S. The third-order valence-electron chi connectivity index (χ3n) is 1.64. The summed E-state index contributed by atoms with van der Waals surface area (Å²) < 4.78 is 27.7. The van der Waals surface area contributed by atoms with Crippen molar-refractivity contribution in [2.24, 2.45) is 0 Å². The van der Waals surface area contributed by atoms with E-state index < -0.39 is 21.0 Å². The van der Waals surface area contributed by atoms with Crippen molar-refractivity contribution in [3.63, 3.8) is 0 Å². The fourth-order valence-corrected chi connectivity index (χ4v) is 1.69. The second-order valence-corrected chi connectivity index (χ2v) is 5.06. The Bertz CT molecular complexity index is 513. The van der Waals surface area contributed by atoms with E-state index in [2.05, 4.69) is 4.74 Å². The van der Waals surface area contributed by atoms with Crippen LogP contribution in [-0.2, 0) is 14.0 Å². The smallest absolute Gasteiger partial charge is 0.341 e. The van der Waals surface area contributed by atoms with E-state index in [4.69, 9.17) is 10.7 Å². The number of hydrogen-bond donors (Lipinski definition) is 2. The second kappa shape index (κ2) is 4.58. The summed E-state index contributed by atoms with van der Waals surface area (Å²) in [4.78, 5) is 11.1. The van der Waals surface area contributed by atoms with Gasteiger partial charge in [-0.15, -0.1) is 0 Å². The fraction of sp³-hybridized carbons (Fsp3) is 0.125. The fourth-order valence-electron chi connectivity index (χ4n) is 1.02. The predicted octanol–water partition coefficient (Wildman–Crippen LogP) is 1.07. The van der Waals surface area contributed by atoms with Gasteiger partial charge in [-0.3, -0.25) is 4.72 Å². The van der Waals surface area contributed by atoms with E-state index >= 15 is 0 Å². The van der Waals surface area contributed by atoms with Gasteiger partial charge in [0.25, 0.3) is 0 Å². The Labute approximate surface area is 96.3 Å². The number of hydrogen-bond acceptors (Lipinski definition) is 5. The van der Waals surface area contributed by atoms with Gasteiger partial charge in [-0.2, -0.15) is 8.42 Å². The Hall–Kier alpha value is -1.47. The first kappa shape index (κ1) is 12.6. The first-order valence-corrected chi connectivity index (χ1v) is 6.28. The van der Waals surface area contributed by atoms with Gasteiger partial charge in [0.1, 0.15) is 11.3 Å². The molecule has 1 aromatic carbocycles. The number of rotatable bonds is 3. The van der Waals surface area contributed by atoms with Crippen LogP contribution in [0, 0.1) is 0 Å². The molecule has 16 heavy (non-hydrogen) atoms. The van der Waals surface area contributed by atoms with Crippen LogP contribution >= 0.6 is 10.7 Å². The highest BCUT2D eigenvalue weighted by Crippen LogP contribution is 2.23. The number of methoxy groups -OCH3 is 1. The molecule has 0 saturated carbocycles. The lowest BCUT2D eigenvalue weighted by Gasteiger charge is -2.05. The van der Waals surface area contributed by atoms with Gasteiger partial charge in [0.15, 0.2) is 0 Å². The van der Waals surface area contributed by atoms with Crippen LogP contribution in [0.25, 0.3) is 0 Å². The normalized spacial score (nSPS) is 10.9. The summed E-state index contributed by atoms with van der Waals surface area (Å²) in [5.41, 5.74) is -0.0276. The number of carbonyl (C=O) groups is 1. The van der Waals surface area contributed by atoms with Gasteiger partial charge in [-0.05, 0) is 12.1 Å². The quantitative estimate of drug-likeness (QED) is 0.630. The molecule has 0 atom stereocenters. The van der Waals surface area contributed by atoms with Gasteiger partial charge < -0.3 is 9.84 Å². The number of halogens is 1. The number of benzene rings is 1. The number of nitrogens with one attached hydrogen (secondary N) is 1. The van der Waals surface area contributed by atoms with Crippen molar-refractivity contribution in [2.75, 3.05) is 11.8 Å². The molecule has 0 saturated heterocycles. The van der Waals surface area contributed by atoms with Crippen LogP contribution in [-0.4, -0.2) is 26.6 Å². The van der Waals surface area contributed by atoms with Crippen LogP contribution in [0.4, 0.5) is 5.69 Å². The minimum Gasteiger partial charge on any atom is -0.507 e. The first-order valence-electron chi connectivity index (χ1n) is 3.97. The average molecular weight is 266 g/mol. The van der Waals surface area contributed by atoms with E-state index in [1.54, 1.807) is 0 Å². The predicted molar refractivity (Wildman–Crippen MR) is 57.8 cm³/mol. The third-order valence-corrected chi connectivity index (χ3v) is 2.35. The molecule has 2 N–H and O–H groups in total. The zero-order valence-corrected chi connectivity index (χ0v) is 9.67. The molecule has 0 amide bonds. The van der Waals surface area contributed by atoms with E-state index in [1.165, 1.54) is 12.1 Å². The van der Waals surface area contributed by atoms with Gasteiger partial charge in [0.2, 0.25) is 0 Å². The number of phenols is 1. The lowest BCUT2D eigenvalue weighted by atomic mass is 10.2. The summed E-state index contributed by atoms with van der Waals surface area (Å²) in [6.45, 7) is 0. The maximum absolute atomic E-state index is 11.1. The highest BCUT2D eigenvalue weighted by atomic mass is 35.7. The molecule has 0 aromatic heterocycles. The van der Waals surface area contributed by atoms with Gasteiger partial charge in [-0.1, -0.05) is 0 Å². The van der Waals surface area contributed by atoms with Crippen molar-refractivity contribution >= 4 is 31.6 Å². The number of ether oxygens (including phenoxy) is 1. The van der Waals surface area contributed by atoms with Crippen LogP contribution in [0.5, 0.6) is 5.75 Å². The summed E-state index contributed by atoms with van der Waals surface area (Å²) in [6, 6.07) is 3.53. The Morgan fingerprint density at radius 1 is 1.50 bits per heavy atom. The monoisotopic (exact) mass is 265 g/mol. The average Bonchev–Trinajstić information content (AvgIpc) is 2.14. The topological polar surface area (TPSA) is 92.7 Å². The van der Waals surface area contributed by atoms with Crippen LogP contribution in [0.2, 0.25) is 0 Å². The minimum atomic E-state index is -3.94. The summed E-state index contributed by atoms with van der Waals surface area (Å²) >= 11 is 0. The summed E-state index contributed by atoms with van der Waals surface area (Å²) in [7, 11) is 2.16. The highest BCUT2D eigenvalue weighted by Gasteiger charge is 2.13. The minimum absolute atomic E-state index is 0.0418. The van der Waals surface area contributed by atoms with Crippen molar-refractivity contribution in [2.45, 2.75) is 0 Å². The van der Waals surface area contributed by atoms with Gasteiger partial charge >= 0.3 is 15.2 Å². The van der Waals surface area contributed by atoms with E-state index in [9.17, 15) is 18.3 Å². The Balaban J connectivity index is 3.05. The van der Waals surface area contributed by atoms with E-state index in [-0.39, 0.29) is 11.3 Å². The van der Waals surface area contributed by atoms with Crippen LogP contribution < -0.4 is 4.72 Å². The number of esters is 1. The molecule has 0 fully saturated rings. The molecule has 6 nitrogen and oxygen atoms in total. The Morgan fingerprint density at radius 3 is 2.56 bits per heavy atom. The van der Waals surface area contributed by atoms with Crippen molar-refractivity contribution in [3.05, 3.63) is 23.8 Å². The molecule has 8 heteroatoms. The number of anilines is 1. The van der Waals surface area contributed by atoms with Crippen LogP contribution in [0.1, 0.15) is 10.4 Å². The molecule has 0 aliphatic carbocycles. The third kappa shape index (κ3) is 3.28. The summed E-state index contributed by atoms with van der Waals surface area (Å²) in [5.74, 6) is -1.13. The van der Waals surface area contributed by atoms with Gasteiger partial charge in [0, 0.05) is 16.7 Å². The summed E-state index contributed by atoms with van der Waals surface area (Å²) in [6.07, 6.45) is 0. The molecular weight excluding hydrogens is 258 g/mol. The zero-order chi connectivity index (χ0) is 12.3. The Morgan fingerprint density at radius 2 is 2.12 bits per heavy atom. The van der Waals surface area contributed by atoms with Crippen molar-refractivity contribution in [3.8, 4) is 5.75 Å². The molecule has 0 aliphatic rings. The van der Waals surface area contributed by atoms with Gasteiger partial charge in [-0.25, -0.2) is 4.79 Å². The van der Waals surface area contributed by atoms with E-state index in [0.717, 1.165) is 13.2 Å². The SMILES string of the molecule is COC(=O)c1ccc(NS(=O)(=O)Cl)cc1O. The standard InChI is InChI=1S/C8H8ClNO5S/c1-15-8(12)6-3-2-5(4-7(6)11)10-16(9,13)14/h2-4,10-11H,1H3. The van der Waals surface area contributed by atoms with Gasteiger partial charge in [0.05, 0.1) is 12.8 Å². The van der Waals surface area contributed by atoms with Crippen molar-refractivity contribution in [1.29, 1.82) is 0 Å². The molecule has 0 aliphatic heterocycles. The lowest BCUT2D eigenvalue weighted by Crippen LogP contribution is -2.06. The second-order valence-electron chi connectivity index (χ2n) is 2.76. The Kier molecular flexibility index (Phi) is 3.61. The van der Waals surface area contributed by atoms with Crippen LogP contribution in [0.3, 0.4) is 0 Å². The maximum atomic E-state index is 11.1. The van der Waals surface area contributed by atoms with E-state index in [1.807, 2.05) is 4.72 Å². The van der Waals surface area contributed by atoms with Crippen LogP contribution in [0.15, 0.2) is 18.2 Å². The van der Waals surface area contributed by atoms with E-state index in [0.29, 0.717) is 0 Å².